The Morgan fingerprint density at radius 2 is 1.88 bits per heavy atom. The lowest BCUT2D eigenvalue weighted by molar-refractivity contribution is -0.137. The van der Waals surface area contributed by atoms with E-state index in [4.69, 9.17) is 0 Å². The van der Waals surface area contributed by atoms with E-state index in [0.717, 1.165) is 6.07 Å². The van der Waals surface area contributed by atoms with E-state index < -0.39 is 17.5 Å². The van der Waals surface area contributed by atoms with Crippen molar-refractivity contribution in [1.29, 1.82) is 0 Å². The second kappa shape index (κ2) is 5.58. The summed E-state index contributed by atoms with van der Waals surface area (Å²) in [7, 11) is 0. The molecule has 0 saturated carbocycles. The minimum Gasteiger partial charge on any atom is -0.293 e. The van der Waals surface area contributed by atoms with Gasteiger partial charge in [0.25, 0.3) is 0 Å². The predicted octanol–water partition coefficient (Wildman–Crippen LogP) is 4.03. The number of hydrogen-bond acceptors (Lipinski definition) is 2. The number of hydrogen-bond donors (Lipinski definition) is 0. The lowest BCUT2D eigenvalue weighted by Gasteiger charge is -2.12. The van der Waals surface area contributed by atoms with Gasteiger partial charge >= 0.3 is 6.18 Å². The largest absolute Gasteiger partial charge is 0.417 e. The quantitative estimate of drug-likeness (QED) is 0.762. The molecule has 0 heterocycles. The highest BCUT2D eigenvalue weighted by Crippen LogP contribution is 2.32. The van der Waals surface area contributed by atoms with Crippen LogP contribution >= 0.6 is 11.8 Å². The monoisotopic (exact) mass is 262 g/mol. The van der Waals surface area contributed by atoms with Gasteiger partial charge in [0.15, 0.2) is 5.78 Å². The van der Waals surface area contributed by atoms with Gasteiger partial charge in [0.2, 0.25) is 0 Å². The van der Waals surface area contributed by atoms with Gasteiger partial charge in [0.1, 0.15) is 0 Å². The fourth-order valence-electron chi connectivity index (χ4n) is 1.29. The van der Waals surface area contributed by atoms with Gasteiger partial charge in [-0.05, 0) is 11.3 Å². The van der Waals surface area contributed by atoms with E-state index in [1.54, 1.807) is 0 Å². The second-order valence-electron chi connectivity index (χ2n) is 3.83. The molecule has 0 N–H and O–H groups in total. The lowest BCUT2D eigenvalue weighted by atomic mass is 10.0. The van der Waals surface area contributed by atoms with Crippen molar-refractivity contribution in [3.63, 3.8) is 0 Å². The van der Waals surface area contributed by atoms with Crippen LogP contribution in [-0.2, 0) is 6.18 Å². The zero-order valence-corrected chi connectivity index (χ0v) is 10.4. The molecule has 0 amide bonds. The number of rotatable bonds is 4. The van der Waals surface area contributed by atoms with Crippen molar-refractivity contribution >= 4 is 17.5 Å². The van der Waals surface area contributed by atoms with E-state index in [1.165, 1.54) is 30.0 Å². The maximum atomic E-state index is 12.6. The number of Topliss-reactive ketones (excluding diaryl/α,β-unsaturated/α-hetero) is 1. The minimum absolute atomic E-state index is 0.0742. The van der Waals surface area contributed by atoms with Gasteiger partial charge in [0, 0.05) is 5.56 Å². The predicted molar refractivity (Wildman–Crippen MR) is 63.4 cm³/mol. The van der Waals surface area contributed by atoms with E-state index >= 15 is 0 Å². The molecule has 0 aliphatic rings. The summed E-state index contributed by atoms with van der Waals surface area (Å²) in [5.74, 6) is -0.401. The standard InChI is InChI=1S/C12H13F3OS/c1-8(2)17-7-11(16)9-5-3-4-6-10(9)12(13,14)15/h3-6,8H,7H2,1-2H3. The molecular weight excluding hydrogens is 249 g/mol. The number of alkyl halides is 3. The summed E-state index contributed by atoms with van der Waals surface area (Å²) in [5, 5.41) is 0.219. The van der Waals surface area contributed by atoms with E-state index in [9.17, 15) is 18.0 Å². The van der Waals surface area contributed by atoms with Crippen molar-refractivity contribution in [3.05, 3.63) is 35.4 Å². The molecule has 1 rings (SSSR count). The van der Waals surface area contributed by atoms with Crippen molar-refractivity contribution in [3.8, 4) is 0 Å². The fourth-order valence-corrected chi connectivity index (χ4v) is 1.93. The molecular formula is C12H13F3OS. The van der Waals surface area contributed by atoms with E-state index in [1.807, 2.05) is 13.8 Å². The van der Waals surface area contributed by atoms with E-state index in [2.05, 4.69) is 0 Å². The average molecular weight is 262 g/mol. The lowest BCUT2D eigenvalue weighted by Crippen LogP contribution is -2.14. The molecule has 0 saturated heterocycles. The van der Waals surface area contributed by atoms with Crippen LogP contribution in [0.2, 0.25) is 0 Å². The van der Waals surface area contributed by atoms with Crippen molar-refractivity contribution in [2.24, 2.45) is 0 Å². The summed E-state index contributed by atoms with van der Waals surface area (Å²) in [6.45, 7) is 3.79. The topological polar surface area (TPSA) is 17.1 Å². The summed E-state index contributed by atoms with van der Waals surface area (Å²) in [6.07, 6.45) is -4.48. The molecule has 0 fully saturated rings. The highest BCUT2D eigenvalue weighted by atomic mass is 32.2. The Labute approximate surface area is 102 Å². The third-order valence-electron chi connectivity index (χ3n) is 2.08. The first-order chi connectivity index (χ1) is 7.82. The van der Waals surface area contributed by atoms with Gasteiger partial charge < -0.3 is 0 Å². The Morgan fingerprint density at radius 1 is 1.29 bits per heavy atom. The zero-order chi connectivity index (χ0) is 13.1. The molecule has 94 valence electrons. The van der Waals surface area contributed by atoms with Gasteiger partial charge in [-0.3, -0.25) is 4.79 Å². The first kappa shape index (κ1) is 14.1. The Balaban J connectivity index is 2.94. The number of ketones is 1. The molecule has 0 aliphatic heterocycles. The van der Waals surface area contributed by atoms with Crippen LogP contribution in [0.4, 0.5) is 13.2 Å². The Hall–Kier alpha value is -0.970. The highest BCUT2D eigenvalue weighted by Gasteiger charge is 2.34. The van der Waals surface area contributed by atoms with Crippen LogP contribution in [0.5, 0.6) is 0 Å². The summed E-state index contributed by atoms with van der Waals surface area (Å²) in [6, 6.07) is 4.90. The molecule has 1 aromatic carbocycles. The van der Waals surface area contributed by atoms with Crippen LogP contribution in [-0.4, -0.2) is 16.8 Å². The fraction of sp³-hybridized carbons (Fsp3) is 0.417. The number of halogens is 3. The van der Waals surface area contributed by atoms with Crippen LogP contribution in [0.3, 0.4) is 0 Å². The second-order valence-corrected chi connectivity index (χ2v) is 5.39. The van der Waals surface area contributed by atoms with E-state index in [-0.39, 0.29) is 16.6 Å². The summed E-state index contributed by atoms with van der Waals surface area (Å²) < 4.78 is 37.9. The highest BCUT2D eigenvalue weighted by molar-refractivity contribution is 8.00. The van der Waals surface area contributed by atoms with Crippen molar-refractivity contribution in [2.45, 2.75) is 25.3 Å². The van der Waals surface area contributed by atoms with Gasteiger partial charge in [-0.2, -0.15) is 24.9 Å². The molecule has 0 atom stereocenters. The Kier molecular flexibility index (Phi) is 4.62. The first-order valence-electron chi connectivity index (χ1n) is 5.13. The van der Waals surface area contributed by atoms with Crippen LogP contribution in [0.25, 0.3) is 0 Å². The smallest absolute Gasteiger partial charge is 0.293 e. The normalized spacial score (nSPS) is 11.9. The molecule has 0 bridgehead atoms. The first-order valence-corrected chi connectivity index (χ1v) is 6.18. The maximum absolute atomic E-state index is 12.6. The van der Waals surface area contributed by atoms with Gasteiger partial charge in [-0.1, -0.05) is 32.0 Å². The SMILES string of the molecule is CC(C)SCC(=O)c1ccccc1C(F)(F)F. The van der Waals surface area contributed by atoms with Gasteiger partial charge in [-0.15, -0.1) is 0 Å². The van der Waals surface area contributed by atoms with Crippen molar-refractivity contribution < 1.29 is 18.0 Å². The van der Waals surface area contributed by atoms with Crippen molar-refractivity contribution in [1.82, 2.24) is 0 Å². The number of thioether (sulfide) groups is 1. The number of carbonyl (C=O) groups excluding carboxylic acids is 1. The van der Waals surface area contributed by atoms with Crippen LogP contribution in [0.15, 0.2) is 24.3 Å². The molecule has 0 unspecified atom stereocenters. The molecule has 0 spiro atoms. The number of benzene rings is 1. The summed E-state index contributed by atoms with van der Waals surface area (Å²) in [5.41, 5.74) is -1.09. The molecule has 17 heavy (non-hydrogen) atoms. The average Bonchev–Trinajstić information content (AvgIpc) is 2.24. The maximum Gasteiger partial charge on any atom is 0.417 e. The van der Waals surface area contributed by atoms with Crippen LogP contribution in [0, 0.1) is 0 Å². The summed E-state index contributed by atoms with van der Waals surface area (Å²) in [4.78, 5) is 11.7. The third kappa shape index (κ3) is 4.07. The van der Waals surface area contributed by atoms with Crippen LogP contribution in [0.1, 0.15) is 29.8 Å². The molecule has 0 aliphatic carbocycles. The molecule has 1 nitrogen and oxygen atoms in total. The number of carbonyl (C=O) groups is 1. The molecule has 0 radical (unpaired) electrons. The van der Waals surface area contributed by atoms with Crippen molar-refractivity contribution in [2.75, 3.05) is 5.75 Å². The van der Waals surface area contributed by atoms with Gasteiger partial charge in [-0.25, -0.2) is 0 Å². The molecule has 1 aromatic rings. The van der Waals surface area contributed by atoms with Gasteiger partial charge in [0.05, 0.1) is 11.3 Å². The van der Waals surface area contributed by atoms with Crippen LogP contribution < -0.4 is 0 Å². The zero-order valence-electron chi connectivity index (χ0n) is 9.54. The molecule has 0 aromatic heterocycles. The Morgan fingerprint density at radius 3 is 2.41 bits per heavy atom. The Bertz CT molecular complexity index is 399. The molecule has 5 heteroatoms. The summed E-state index contributed by atoms with van der Waals surface area (Å²) >= 11 is 1.34. The minimum atomic E-state index is -4.48. The third-order valence-corrected chi connectivity index (χ3v) is 3.18. The van der Waals surface area contributed by atoms with E-state index in [0.29, 0.717) is 0 Å².